The van der Waals surface area contributed by atoms with E-state index in [2.05, 4.69) is 34.6 Å². The molecule has 0 radical (unpaired) electrons. The average Bonchev–Trinajstić information content (AvgIpc) is 3.01. The van der Waals surface area contributed by atoms with Gasteiger partial charge in [0.15, 0.2) is 0 Å². The molecule has 0 unspecified atom stereocenters. The van der Waals surface area contributed by atoms with Crippen LogP contribution in [0.2, 0.25) is 0 Å². The summed E-state index contributed by atoms with van der Waals surface area (Å²) >= 11 is 0. The first-order valence-corrected chi connectivity index (χ1v) is 13.1. The lowest BCUT2D eigenvalue weighted by atomic mass is 9.42. The van der Waals surface area contributed by atoms with Crippen molar-refractivity contribution in [3.8, 4) is 0 Å². The van der Waals surface area contributed by atoms with Gasteiger partial charge in [0, 0.05) is 11.8 Å². The van der Waals surface area contributed by atoms with Gasteiger partial charge < -0.3 is 15.3 Å². The summed E-state index contributed by atoms with van der Waals surface area (Å²) in [7, 11) is 0. The summed E-state index contributed by atoms with van der Waals surface area (Å²) in [5.41, 5.74) is -0.962. The molecule has 0 aromatic rings. The van der Waals surface area contributed by atoms with E-state index in [1.165, 1.54) is 44.9 Å². The van der Waals surface area contributed by atoms with Gasteiger partial charge in [-0.25, -0.2) is 0 Å². The van der Waals surface area contributed by atoms with Crippen molar-refractivity contribution in [3.63, 3.8) is 0 Å². The molecule has 174 valence electrons. The highest BCUT2D eigenvalue weighted by molar-refractivity contribution is 5.17. The van der Waals surface area contributed by atoms with Crippen molar-refractivity contribution in [2.45, 2.75) is 123 Å². The maximum atomic E-state index is 11.6. The highest BCUT2D eigenvalue weighted by Crippen LogP contribution is 2.69. The number of hydrogen-bond donors (Lipinski definition) is 3. The van der Waals surface area contributed by atoms with Gasteiger partial charge in [0.2, 0.25) is 0 Å². The van der Waals surface area contributed by atoms with Crippen LogP contribution >= 0.6 is 0 Å². The van der Waals surface area contributed by atoms with Crippen LogP contribution in [0.1, 0.15) is 105 Å². The molecule has 4 aliphatic rings. The maximum Gasteiger partial charge on any atom is 0.0985 e. The van der Waals surface area contributed by atoms with E-state index in [-0.39, 0.29) is 5.41 Å². The summed E-state index contributed by atoms with van der Waals surface area (Å²) in [6.07, 6.45) is 10.7. The SMILES string of the molecule is CC(C)CCC[C@@H](C)[C@H]1CC[C@@H]2[C@H]3C[C@@H](O)[C@@]4(O)C[C@@H](O)CC[C@]4(C)[C@H]3CC[C@@]21C. The zero-order chi connectivity index (χ0) is 21.9. The molecule has 3 heteroatoms. The van der Waals surface area contributed by atoms with Crippen molar-refractivity contribution >= 4 is 0 Å². The first-order chi connectivity index (χ1) is 14.0. The summed E-state index contributed by atoms with van der Waals surface area (Å²) < 4.78 is 0. The Labute approximate surface area is 185 Å². The van der Waals surface area contributed by atoms with Crippen molar-refractivity contribution < 1.29 is 15.3 Å². The average molecular weight is 421 g/mol. The molecule has 0 bridgehead atoms. The summed E-state index contributed by atoms with van der Waals surface area (Å²) in [5, 5.41) is 33.0. The Morgan fingerprint density at radius 1 is 0.900 bits per heavy atom. The van der Waals surface area contributed by atoms with Crippen molar-refractivity contribution in [2.24, 2.45) is 46.3 Å². The number of rotatable bonds is 5. The summed E-state index contributed by atoms with van der Waals surface area (Å²) in [6.45, 7) is 12.0. The van der Waals surface area contributed by atoms with Gasteiger partial charge in [0.05, 0.1) is 17.8 Å². The van der Waals surface area contributed by atoms with Crippen molar-refractivity contribution in [2.75, 3.05) is 0 Å². The van der Waals surface area contributed by atoms with E-state index >= 15 is 0 Å². The van der Waals surface area contributed by atoms with E-state index in [9.17, 15) is 15.3 Å². The predicted octanol–water partition coefficient (Wildman–Crippen LogP) is 5.55. The summed E-state index contributed by atoms with van der Waals surface area (Å²) in [4.78, 5) is 0. The molecule has 3 N–H and O–H groups in total. The molecule has 0 aromatic carbocycles. The highest BCUT2D eigenvalue weighted by atomic mass is 16.3. The Bertz CT molecular complexity index is 619. The third-order valence-corrected chi connectivity index (χ3v) is 11.0. The van der Waals surface area contributed by atoms with Crippen LogP contribution in [0.15, 0.2) is 0 Å². The fourth-order valence-electron chi connectivity index (χ4n) is 9.29. The first kappa shape index (κ1) is 23.1. The minimum atomic E-state index is -1.11. The van der Waals surface area contributed by atoms with Crippen molar-refractivity contribution in [1.29, 1.82) is 0 Å². The van der Waals surface area contributed by atoms with E-state index in [4.69, 9.17) is 0 Å². The molecule has 0 amide bonds. The Hall–Kier alpha value is -0.120. The molecule has 10 atom stereocenters. The largest absolute Gasteiger partial charge is 0.393 e. The Morgan fingerprint density at radius 2 is 1.63 bits per heavy atom. The van der Waals surface area contributed by atoms with Gasteiger partial charge in [-0.15, -0.1) is 0 Å². The van der Waals surface area contributed by atoms with Crippen LogP contribution in [0.5, 0.6) is 0 Å². The highest BCUT2D eigenvalue weighted by Gasteiger charge is 2.67. The monoisotopic (exact) mass is 420 g/mol. The number of aliphatic hydroxyl groups excluding tert-OH is 2. The zero-order valence-electron chi connectivity index (χ0n) is 20.2. The molecule has 0 spiro atoms. The lowest BCUT2D eigenvalue weighted by Gasteiger charge is -2.65. The minimum absolute atomic E-state index is 0.253. The Morgan fingerprint density at radius 3 is 2.33 bits per heavy atom. The van der Waals surface area contributed by atoms with Crippen molar-refractivity contribution in [3.05, 3.63) is 0 Å². The fourth-order valence-corrected chi connectivity index (χ4v) is 9.29. The van der Waals surface area contributed by atoms with Crippen LogP contribution in [0.4, 0.5) is 0 Å². The van der Waals surface area contributed by atoms with Crippen LogP contribution in [0.3, 0.4) is 0 Å². The molecule has 0 heterocycles. The van der Waals surface area contributed by atoms with Gasteiger partial charge in [-0.3, -0.25) is 0 Å². The van der Waals surface area contributed by atoms with E-state index in [1.807, 2.05) is 0 Å². The first-order valence-electron chi connectivity index (χ1n) is 13.1. The third kappa shape index (κ3) is 3.41. The van der Waals surface area contributed by atoms with Crippen LogP contribution in [-0.2, 0) is 0 Å². The number of aliphatic hydroxyl groups is 3. The smallest absolute Gasteiger partial charge is 0.0985 e. The molecule has 0 aromatic heterocycles. The van der Waals surface area contributed by atoms with Crippen LogP contribution in [0, 0.1) is 46.3 Å². The van der Waals surface area contributed by atoms with Gasteiger partial charge in [-0.05, 0) is 85.9 Å². The van der Waals surface area contributed by atoms with Crippen molar-refractivity contribution in [1.82, 2.24) is 0 Å². The van der Waals surface area contributed by atoms with E-state index in [0.29, 0.717) is 29.6 Å². The second-order valence-electron chi connectivity index (χ2n) is 12.9. The van der Waals surface area contributed by atoms with Crippen LogP contribution in [0.25, 0.3) is 0 Å². The van der Waals surface area contributed by atoms with E-state index < -0.39 is 17.8 Å². The lowest BCUT2D eigenvalue weighted by molar-refractivity contribution is -0.264. The third-order valence-electron chi connectivity index (χ3n) is 11.0. The zero-order valence-corrected chi connectivity index (χ0v) is 20.2. The van der Waals surface area contributed by atoms with Gasteiger partial charge in [-0.1, -0.05) is 53.9 Å². The van der Waals surface area contributed by atoms with E-state index in [0.717, 1.165) is 37.0 Å². The Kier molecular flexibility index (Phi) is 6.17. The number of hydrogen-bond acceptors (Lipinski definition) is 3. The molecule has 4 fully saturated rings. The molecule has 30 heavy (non-hydrogen) atoms. The summed E-state index contributed by atoms with van der Waals surface area (Å²) in [6, 6.07) is 0. The van der Waals surface area contributed by atoms with Crippen LogP contribution in [-0.4, -0.2) is 33.1 Å². The molecule has 4 aliphatic carbocycles. The number of fused-ring (bicyclic) bond motifs is 5. The molecular formula is C27H48O3. The molecule has 0 aliphatic heterocycles. The molecule has 4 rings (SSSR count). The molecule has 4 saturated carbocycles. The molecule has 3 nitrogen and oxygen atoms in total. The molecule has 0 saturated heterocycles. The van der Waals surface area contributed by atoms with Crippen LogP contribution < -0.4 is 0 Å². The topological polar surface area (TPSA) is 60.7 Å². The lowest BCUT2D eigenvalue weighted by Crippen LogP contribution is -2.68. The predicted molar refractivity (Wildman–Crippen MR) is 122 cm³/mol. The second kappa shape index (κ2) is 8.03. The Balaban J connectivity index is 1.53. The van der Waals surface area contributed by atoms with Gasteiger partial charge in [-0.2, -0.15) is 0 Å². The standard InChI is InChI=1S/C27H48O3/c1-17(2)7-6-8-18(3)21-9-10-22-20-15-24(29)27(30)16-19(28)11-14-26(27,5)23(20)12-13-25(21,22)4/h17-24,28-30H,6-16H2,1-5H3/t18-,19+,20-,21-,22-,23+,24-,25-,26-,27+/m1/s1. The second-order valence-corrected chi connectivity index (χ2v) is 12.9. The van der Waals surface area contributed by atoms with Gasteiger partial charge in [0.1, 0.15) is 0 Å². The van der Waals surface area contributed by atoms with Gasteiger partial charge in [0.25, 0.3) is 0 Å². The quantitative estimate of drug-likeness (QED) is 0.546. The fraction of sp³-hybridized carbons (Fsp3) is 1.00. The van der Waals surface area contributed by atoms with E-state index in [1.54, 1.807) is 0 Å². The minimum Gasteiger partial charge on any atom is -0.393 e. The maximum absolute atomic E-state index is 11.6. The van der Waals surface area contributed by atoms with Gasteiger partial charge >= 0.3 is 0 Å². The normalized spacial score (nSPS) is 51.9. The summed E-state index contributed by atoms with van der Waals surface area (Å²) in [5.74, 6) is 4.13. The molecular weight excluding hydrogens is 372 g/mol.